The smallest absolute Gasteiger partial charge is 0.303 e. The molecule has 1 rings (SSSR count). The molecule has 1 aliphatic carbocycles. The lowest BCUT2D eigenvalue weighted by Crippen LogP contribution is -2.50. The minimum Gasteiger partial charge on any atom is -0.456 e. The van der Waals surface area contributed by atoms with Gasteiger partial charge >= 0.3 is 23.9 Å². The molecule has 1 aliphatic rings. The van der Waals surface area contributed by atoms with Gasteiger partial charge in [-0.15, -0.1) is 0 Å². The summed E-state index contributed by atoms with van der Waals surface area (Å²) in [6.45, 7) is 5.67. The van der Waals surface area contributed by atoms with Gasteiger partial charge < -0.3 is 24.3 Å². The maximum Gasteiger partial charge on any atom is 0.303 e. The van der Waals surface area contributed by atoms with Crippen molar-refractivity contribution in [2.45, 2.75) is 65.1 Å². The first-order valence-electron chi connectivity index (χ1n) is 7.49. The van der Waals surface area contributed by atoms with Gasteiger partial charge in [0.1, 0.15) is 6.04 Å². The minimum atomic E-state index is -1.26. The predicted molar refractivity (Wildman–Crippen MR) is 79.8 cm³/mol. The molecule has 10 heteroatoms. The van der Waals surface area contributed by atoms with E-state index < -0.39 is 60.2 Å². The lowest BCUT2D eigenvalue weighted by atomic mass is 10.1. The molecule has 0 radical (unpaired) electrons. The van der Waals surface area contributed by atoms with Gasteiger partial charge in [0.25, 0.3) is 0 Å². The topological polar surface area (TPSA) is 134 Å². The van der Waals surface area contributed by atoms with Gasteiger partial charge in [0.2, 0.25) is 5.91 Å². The van der Waals surface area contributed by atoms with E-state index >= 15 is 0 Å². The summed E-state index contributed by atoms with van der Waals surface area (Å²) in [4.78, 5) is 57.2. The third kappa shape index (κ3) is 5.73. The first-order chi connectivity index (χ1) is 11.5. The molecule has 1 N–H and O–H groups in total. The Morgan fingerprint density at radius 3 is 1.08 bits per heavy atom. The predicted octanol–water partition coefficient (Wildman–Crippen LogP) is -0.768. The Balaban J connectivity index is 3.34. The lowest BCUT2D eigenvalue weighted by molar-refractivity contribution is -0.180. The second kappa shape index (κ2) is 8.45. The van der Waals surface area contributed by atoms with Gasteiger partial charge in [-0.1, -0.05) is 0 Å². The molecule has 0 aromatic heterocycles. The van der Waals surface area contributed by atoms with Gasteiger partial charge in [-0.25, -0.2) is 0 Å². The molecular formula is C15H21NO9. The summed E-state index contributed by atoms with van der Waals surface area (Å²) in [5, 5.41) is 2.48. The highest BCUT2D eigenvalue weighted by Crippen LogP contribution is 2.32. The first-order valence-corrected chi connectivity index (χ1v) is 7.49. The molecule has 5 atom stereocenters. The molecule has 1 unspecified atom stereocenters. The van der Waals surface area contributed by atoms with Crippen molar-refractivity contribution in [2.75, 3.05) is 0 Å². The summed E-state index contributed by atoms with van der Waals surface area (Å²) in [5.74, 6) is -3.41. The number of carbonyl (C=O) groups excluding carboxylic acids is 5. The number of hydrogen-bond acceptors (Lipinski definition) is 9. The first kappa shape index (κ1) is 20.4. The fourth-order valence-corrected chi connectivity index (χ4v) is 2.68. The van der Waals surface area contributed by atoms with Crippen LogP contribution in [0.1, 0.15) is 34.6 Å². The molecule has 10 nitrogen and oxygen atoms in total. The largest absolute Gasteiger partial charge is 0.456 e. The van der Waals surface area contributed by atoms with E-state index in [2.05, 4.69) is 5.32 Å². The zero-order chi connectivity index (χ0) is 19.3. The SMILES string of the molecule is CC(=O)NC1[C@@H](OC(C)=O)[C@H](OC(C)=O)[C@H](OC(C)=O)[C@@H]1OC(C)=O. The zero-order valence-corrected chi connectivity index (χ0v) is 14.6. The van der Waals surface area contributed by atoms with E-state index in [-0.39, 0.29) is 0 Å². The molecule has 25 heavy (non-hydrogen) atoms. The van der Waals surface area contributed by atoms with Crippen molar-refractivity contribution in [3.8, 4) is 0 Å². The molecular weight excluding hydrogens is 338 g/mol. The van der Waals surface area contributed by atoms with E-state index in [0.717, 1.165) is 27.7 Å². The van der Waals surface area contributed by atoms with Crippen LogP contribution in [0.15, 0.2) is 0 Å². The number of ether oxygens (including phenoxy) is 4. The lowest BCUT2D eigenvalue weighted by Gasteiger charge is -2.25. The fourth-order valence-electron chi connectivity index (χ4n) is 2.68. The third-order valence-corrected chi connectivity index (χ3v) is 3.26. The Hall–Kier alpha value is -2.65. The van der Waals surface area contributed by atoms with Crippen molar-refractivity contribution in [2.24, 2.45) is 0 Å². The highest BCUT2D eigenvalue weighted by atomic mass is 16.6. The van der Waals surface area contributed by atoms with Crippen molar-refractivity contribution < 1.29 is 42.9 Å². The number of amides is 1. The molecule has 1 amide bonds. The van der Waals surface area contributed by atoms with E-state index in [9.17, 15) is 24.0 Å². The van der Waals surface area contributed by atoms with Crippen molar-refractivity contribution in [3.05, 3.63) is 0 Å². The standard InChI is InChI=1S/C15H21NO9/c1-6(17)16-11-12(22-7(2)18)14(24-9(4)20)15(25-10(5)21)13(11)23-8(3)19/h11-15H,1-5H3,(H,16,17)/t11?,12-,13-,14-,15+/m1/s1. The number of esters is 4. The maximum absolute atomic E-state index is 11.5. The van der Waals surface area contributed by atoms with Crippen LogP contribution in [-0.4, -0.2) is 60.2 Å². The van der Waals surface area contributed by atoms with Gasteiger partial charge in [0.05, 0.1) is 0 Å². The normalized spacial score (nSPS) is 25.6. The highest BCUT2D eigenvalue weighted by Gasteiger charge is 2.58. The van der Waals surface area contributed by atoms with E-state index in [1.807, 2.05) is 0 Å². The van der Waals surface area contributed by atoms with E-state index in [4.69, 9.17) is 18.9 Å². The summed E-state index contributed by atoms with van der Waals surface area (Å²) in [7, 11) is 0. The van der Waals surface area contributed by atoms with Gasteiger partial charge in [0, 0.05) is 34.6 Å². The van der Waals surface area contributed by atoms with Crippen LogP contribution in [0.5, 0.6) is 0 Å². The van der Waals surface area contributed by atoms with E-state index in [0.29, 0.717) is 0 Å². The van der Waals surface area contributed by atoms with Crippen LogP contribution < -0.4 is 5.32 Å². The highest BCUT2D eigenvalue weighted by molar-refractivity contribution is 5.74. The summed E-state index contributed by atoms with van der Waals surface area (Å²) in [6.07, 6.45) is -4.93. The molecule has 0 bridgehead atoms. The van der Waals surface area contributed by atoms with Gasteiger partial charge in [-0.05, 0) is 0 Å². The summed E-state index contributed by atoms with van der Waals surface area (Å²) >= 11 is 0. The molecule has 0 heterocycles. The molecule has 0 spiro atoms. The van der Waals surface area contributed by atoms with Crippen LogP contribution in [0, 0.1) is 0 Å². The third-order valence-electron chi connectivity index (χ3n) is 3.26. The molecule has 0 aromatic carbocycles. The van der Waals surface area contributed by atoms with Crippen LogP contribution in [0.2, 0.25) is 0 Å². The van der Waals surface area contributed by atoms with Crippen molar-refractivity contribution in [1.82, 2.24) is 5.32 Å². The monoisotopic (exact) mass is 359 g/mol. The molecule has 1 saturated carbocycles. The maximum atomic E-state index is 11.5. The Bertz CT molecular complexity index is 447. The number of carbonyl (C=O) groups is 5. The van der Waals surface area contributed by atoms with Gasteiger partial charge in [0.15, 0.2) is 24.4 Å². The minimum absolute atomic E-state index is 0.510. The second-order valence-electron chi connectivity index (χ2n) is 5.52. The summed E-state index contributed by atoms with van der Waals surface area (Å²) < 4.78 is 20.5. The number of hydrogen-bond donors (Lipinski definition) is 1. The van der Waals surface area contributed by atoms with E-state index in [1.165, 1.54) is 6.92 Å². The van der Waals surface area contributed by atoms with Gasteiger partial charge in [-0.3, -0.25) is 24.0 Å². The van der Waals surface area contributed by atoms with Crippen LogP contribution in [0.4, 0.5) is 0 Å². The number of rotatable bonds is 5. The molecule has 1 fully saturated rings. The fraction of sp³-hybridized carbons (Fsp3) is 0.667. The Morgan fingerprint density at radius 1 is 0.560 bits per heavy atom. The average Bonchev–Trinajstić information content (AvgIpc) is 2.63. The zero-order valence-electron chi connectivity index (χ0n) is 14.6. The second-order valence-corrected chi connectivity index (χ2v) is 5.52. The average molecular weight is 359 g/mol. The molecule has 0 saturated heterocycles. The quantitative estimate of drug-likeness (QED) is 0.496. The van der Waals surface area contributed by atoms with Crippen LogP contribution in [-0.2, 0) is 42.9 Å². The van der Waals surface area contributed by atoms with Gasteiger partial charge in [-0.2, -0.15) is 0 Å². The Labute approximate surface area is 144 Å². The molecule has 0 aromatic rings. The van der Waals surface area contributed by atoms with Crippen LogP contribution in [0.3, 0.4) is 0 Å². The summed E-state index contributed by atoms with van der Waals surface area (Å²) in [5.41, 5.74) is 0. The Kier molecular flexibility index (Phi) is 6.89. The van der Waals surface area contributed by atoms with Crippen molar-refractivity contribution in [1.29, 1.82) is 0 Å². The van der Waals surface area contributed by atoms with E-state index in [1.54, 1.807) is 0 Å². The molecule has 0 aliphatic heterocycles. The van der Waals surface area contributed by atoms with Crippen molar-refractivity contribution >= 4 is 29.8 Å². The Morgan fingerprint density at radius 2 is 0.840 bits per heavy atom. The van der Waals surface area contributed by atoms with Crippen LogP contribution >= 0.6 is 0 Å². The molecule has 140 valence electrons. The number of nitrogens with one attached hydrogen (secondary N) is 1. The van der Waals surface area contributed by atoms with Crippen molar-refractivity contribution in [3.63, 3.8) is 0 Å². The van der Waals surface area contributed by atoms with Crippen LogP contribution in [0.25, 0.3) is 0 Å². The summed E-state index contributed by atoms with van der Waals surface area (Å²) in [6, 6.07) is -1.07.